The third-order valence-electron chi connectivity index (χ3n) is 3.44. The van der Waals surface area contributed by atoms with Crippen molar-refractivity contribution in [3.05, 3.63) is 45.7 Å². The highest BCUT2D eigenvalue weighted by Gasteiger charge is 2.13. The zero-order valence-electron chi connectivity index (χ0n) is 13.9. The van der Waals surface area contributed by atoms with Crippen LogP contribution in [0.1, 0.15) is 35.9 Å². The van der Waals surface area contributed by atoms with Crippen molar-refractivity contribution >= 4 is 40.7 Å². The van der Waals surface area contributed by atoms with Gasteiger partial charge in [0.2, 0.25) is 5.95 Å². The number of amides is 1. The maximum atomic E-state index is 12.5. The zero-order valence-corrected chi connectivity index (χ0v) is 15.4. The minimum atomic E-state index is -0.316. The van der Waals surface area contributed by atoms with Crippen LogP contribution in [0.15, 0.2) is 24.3 Å². The summed E-state index contributed by atoms with van der Waals surface area (Å²) in [5.41, 5.74) is 1.61. The van der Waals surface area contributed by atoms with E-state index in [0.29, 0.717) is 27.4 Å². The molecular weight excluding hydrogens is 347 g/mol. The van der Waals surface area contributed by atoms with Crippen LogP contribution >= 0.6 is 23.2 Å². The minimum absolute atomic E-state index is 0.312. The summed E-state index contributed by atoms with van der Waals surface area (Å²) in [5, 5.41) is 3.59. The van der Waals surface area contributed by atoms with Crippen LogP contribution in [-0.4, -0.2) is 29.5 Å². The summed E-state index contributed by atoms with van der Waals surface area (Å²) in [6.07, 6.45) is 2.12. The molecule has 1 N–H and O–H groups in total. The van der Waals surface area contributed by atoms with E-state index in [9.17, 15) is 4.79 Å². The predicted molar refractivity (Wildman–Crippen MR) is 99.4 cm³/mol. The largest absolute Gasteiger partial charge is 0.344 e. The number of aryl methyl sites for hydroxylation is 1. The lowest BCUT2D eigenvalue weighted by atomic mass is 10.2. The summed E-state index contributed by atoms with van der Waals surface area (Å²) >= 11 is 11.8. The van der Waals surface area contributed by atoms with Crippen LogP contribution in [0.2, 0.25) is 10.0 Å². The van der Waals surface area contributed by atoms with E-state index in [-0.39, 0.29) is 5.91 Å². The van der Waals surface area contributed by atoms with Gasteiger partial charge in [0, 0.05) is 25.0 Å². The van der Waals surface area contributed by atoms with E-state index in [1.165, 1.54) is 0 Å². The molecule has 1 aromatic carbocycles. The normalized spacial score (nSPS) is 10.5. The Labute approximate surface area is 152 Å². The topological polar surface area (TPSA) is 58.1 Å². The lowest BCUT2D eigenvalue weighted by Gasteiger charge is -2.17. The molecule has 0 aliphatic heterocycles. The third kappa shape index (κ3) is 4.82. The van der Waals surface area contributed by atoms with Crippen molar-refractivity contribution in [2.75, 3.05) is 23.8 Å². The van der Waals surface area contributed by atoms with Crippen LogP contribution in [0.3, 0.4) is 0 Å². The Morgan fingerprint density at radius 1 is 1.21 bits per heavy atom. The van der Waals surface area contributed by atoms with Crippen LogP contribution in [0, 0.1) is 6.92 Å². The highest BCUT2D eigenvalue weighted by Crippen LogP contribution is 2.25. The van der Waals surface area contributed by atoms with Crippen molar-refractivity contribution in [2.24, 2.45) is 0 Å². The molecule has 0 spiro atoms. The van der Waals surface area contributed by atoms with Crippen molar-refractivity contribution in [1.29, 1.82) is 0 Å². The van der Waals surface area contributed by atoms with Gasteiger partial charge in [-0.3, -0.25) is 4.79 Å². The van der Waals surface area contributed by atoms with Gasteiger partial charge in [-0.15, -0.1) is 0 Å². The van der Waals surface area contributed by atoms with Crippen molar-refractivity contribution in [1.82, 2.24) is 9.97 Å². The predicted octanol–water partition coefficient (Wildman–Crippen LogP) is 4.58. The summed E-state index contributed by atoms with van der Waals surface area (Å²) in [6, 6.07) is 6.58. The molecule has 7 heteroatoms. The smallest absolute Gasteiger partial charge is 0.274 e. The first-order chi connectivity index (χ1) is 11.4. The molecule has 0 aliphatic carbocycles. The standard InChI is InChI=1S/C17H20Cl2N4O/c1-4-5-8-23(3)17-20-11(2)9-15(22-17)16(24)21-12-6-7-13(18)14(19)10-12/h6-7,9-10H,4-5,8H2,1-3H3,(H,21,24). The number of benzene rings is 1. The van der Waals surface area contributed by atoms with E-state index in [0.717, 1.165) is 25.1 Å². The number of nitrogens with one attached hydrogen (secondary N) is 1. The summed E-state index contributed by atoms with van der Waals surface area (Å²) in [7, 11) is 1.92. The fourth-order valence-corrected chi connectivity index (χ4v) is 2.40. The maximum Gasteiger partial charge on any atom is 0.274 e. The average Bonchev–Trinajstić information content (AvgIpc) is 2.55. The number of halogens is 2. The quantitative estimate of drug-likeness (QED) is 0.812. The Morgan fingerprint density at radius 3 is 2.62 bits per heavy atom. The number of carbonyl (C=O) groups is 1. The first-order valence-electron chi connectivity index (χ1n) is 7.74. The molecule has 2 aromatic rings. The molecule has 0 atom stereocenters. The molecule has 24 heavy (non-hydrogen) atoms. The molecule has 0 fully saturated rings. The molecule has 0 aliphatic rings. The summed E-state index contributed by atoms with van der Waals surface area (Å²) < 4.78 is 0. The molecule has 1 aromatic heterocycles. The van der Waals surface area contributed by atoms with Crippen molar-refractivity contribution in [3.63, 3.8) is 0 Å². The molecule has 0 radical (unpaired) electrons. The van der Waals surface area contributed by atoms with Gasteiger partial charge in [-0.2, -0.15) is 0 Å². The van der Waals surface area contributed by atoms with Crippen molar-refractivity contribution < 1.29 is 4.79 Å². The highest BCUT2D eigenvalue weighted by atomic mass is 35.5. The molecule has 0 unspecified atom stereocenters. The molecule has 0 bridgehead atoms. The lowest BCUT2D eigenvalue weighted by molar-refractivity contribution is 0.102. The van der Waals surface area contributed by atoms with Crippen LogP contribution in [0.5, 0.6) is 0 Å². The molecule has 2 rings (SSSR count). The molecule has 0 saturated carbocycles. The third-order valence-corrected chi connectivity index (χ3v) is 4.18. The SMILES string of the molecule is CCCCN(C)c1nc(C)cc(C(=O)Nc2ccc(Cl)c(Cl)c2)n1. The van der Waals surface area contributed by atoms with Crippen LogP contribution in [0.4, 0.5) is 11.6 Å². The number of carbonyl (C=O) groups excluding carboxylic acids is 1. The maximum absolute atomic E-state index is 12.5. The minimum Gasteiger partial charge on any atom is -0.344 e. The number of anilines is 2. The van der Waals surface area contributed by atoms with E-state index in [2.05, 4.69) is 22.2 Å². The first kappa shape index (κ1) is 18.5. The van der Waals surface area contributed by atoms with E-state index < -0.39 is 0 Å². The highest BCUT2D eigenvalue weighted by molar-refractivity contribution is 6.42. The second-order valence-electron chi connectivity index (χ2n) is 5.55. The summed E-state index contributed by atoms with van der Waals surface area (Å²) in [6.45, 7) is 4.81. The fraction of sp³-hybridized carbons (Fsp3) is 0.353. The van der Waals surface area contributed by atoms with Crippen LogP contribution in [-0.2, 0) is 0 Å². The Balaban J connectivity index is 2.19. The van der Waals surface area contributed by atoms with Gasteiger partial charge in [0.25, 0.3) is 5.91 Å². The molecular formula is C17H20Cl2N4O. The van der Waals surface area contributed by atoms with Crippen molar-refractivity contribution in [2.45, 2.75) is 26.7 Å². The van der Waals surface area contributed by atoms with Crippen molar-refractivity contribution in [3.8, 4) is 0 Å². The molecule has 0 saturated heterocycles. The Hall–Kier alpha value is -1.85. The second-order valence-corrected chi connectivity index (χ2v) is 6.37. The summed E-state index contributed by atoms with van der Waals surface area (Å²) in [5.74, 6) is 0.228. The second kappa shape index (κ2) is 8.31. The zero-order chi connectivity index (χ0) is 17.7. The van der Waals surface area contributed by atoms with Gasteiger partial charge >= 0.3 is 0 Å². The van der Waals surface area contributed by atoms with E-state index in [4.69, 9.17) is 23.2 Å². The number of aromatic nitrogens is 2. The summed E-state index contributed by atoms with van der Waals surface area (Å²) in [4.78, 5) is 23.2. The molecule has 1 heterocycles. The van der Waals surface area contributed by atoms with Gasteiger partial charge in [0.05, 0.1) is 10.0 Å². The van der Waals surface area contributed by atoms with Gasteiger partial charge in [-0.05, 0) is 37.6 Å². The molecule has 1 amide bonds. The van der Waals surface area contributed by atoms with Gasteiger partial charge in [0.1, 0.15) is 5.69 Å². The van der Waals surface area contributed by atoms with Gasteiger partial charge in [0.15, 0.2) is 0 Å². The Morgan fingerprint density at radius 2 is 1.96 bits per heavy atom. The number of hydrogen-bond donors (Lipinski definition) is 1. The van der Waals surface area contributed by atoms with Crippen LogP contribution in [0.25, 0.3) is 0 Å². The first-order valence-corrected chi connectivity index (χ1v) is 8.49. The number of nitrogens with zero attached hydrogens (tertiary/aromatic N) is 3. The van der Waals surface area contributed by atoms with Crippen LogP contribution < -0.4 is 10.2 Å². The monoisotopic (exact) mass is 366 g/mol. The fourth-order valence-electron chi connectivity index (χ4n) is 2.10. The van der Waals surface area contributed by atoms with E-state index in [1.54, 1.807) is 24.3 Å². The van der Waals surface area contributed by atoms with Gasteiger partial charge in [-0.25, -0.2) is 9.97 Å². The Bertz CT molecular complexity index is 737. The van der Waals surface area contributed by atoms with E-state index >= 15 is 0 Å². The average molecular weight is 367 g/mol. The van der Waals surface area contributed by atoms with Gasteiger partial charge < -0.3 is 10.2 Å². The number of hydrogen-bond acceptors (Lipinski definition) is 4. The Kier molecular flexibility index (Phi) is 6.40. The number of rotatable bonds is 6. The lowest BCUT2D eigenvalue weighted by Crippen LogP contribution is -2.23. The number of unbranched alkanes of at least 4 members (excludes halogenated alkanes) is 1. The molecule has 128 valence electrons. The van der Waals surface area contributed by atoms with E-state index in [1.807, 2.05) is 18.9 Å². The molecule has 5 nitrogen and oxygen atoms in total. The van der Waals surface area contributed by atoms with Gasteiger partial charge in [-0.1, -0.05) is 36.5 Å².